The molecule has 2 aromatic heterocycles. The number of carbonyl (C=O) groups is 1. The van der Waals surface area contributed by atoms with E-state index in [0.717, 1.165) is 0 Å². The molecule has 3 rings (SSSR count). The van der Waals surface area contributed by atoms with Gasteiger partial charge in [-0.25, -0.2) is 4.79 Å². The molecule has 0 aliphatic heterocycles. The lowest BCUT2D eigenvalue weighted by molar-refractivity contribution is 0.0696. The summed E-state index contributed by atoms with van der Waals surface area (Å²) >= 11 is 0. The Morgan fingerprint density at radius 3 is 2.86 bits per heavy atom. The number of nitrogens with zero attached hydrogens (tertiary/aromatic N) is 2. The Bertz CT molecular complexity index is 790. The second kappa shape index (κ2) is 5.37. The Morgan fingerprint density at radius 1 is 1.33 bits per heavy atom. The average molecular weight is 287 g/mol. The van der Waals surface area contributed by atoms with Crippen molar-refractivity contribution in [2.75, 3.05) is 0 Å². The predicted octanol–water partition coefficient (Wildman–Crippen LogP) is 2.11. The van der Waals surface area contributed by atoms with E-state index >= 15 is 0 Å². The van der Waals surface area contributed by atoms with Gasteiger partial charge in [-0.05, 0) is 13.0 Å². The molecule has 2 N–H and O–H groups in total. The van der Waals surface area contributed by atoms with Crippen LogP contribution in [0.2, 0.25) is 0 Å². The van der Waals surface area contributed by atoms with Crippen molar-refractivity contribution in [1.82, 2.24) is 15.5 Å². The van der Waals surface area contributed by atoms with Crippen LogP contribution in [0.5, 0.6) is 0 Å². The van der Waals surface area contributed by atoms with Gasteiger partial charge in [0, 0.05) is 5.39 Å². The van der Waals surface area contributed by atoms with Crippen molar-refractivity contribution in [2.45, 2.75) is 20.0 Å². The van der Waals surface area contributed by atoms with Crippen molar-refractivity contribution in [3.05, 3.63) is 47.3 Å². The molecule has 0 aliphatic carbocycles. The highest BCUT2D eigenvalue weighted by Crippen LogP contribution is 2.25. The lowest BCUT2D eigenvalue weighted by Crippen LogP contribution is -2.14. The maximum atomic E-state index is 11.4. The zero-order valence-corrected chi connectivity index (χ0v) is 11.3. The summed E-state index contributed by atoms with van der Waals surface area (Å²) in [7, 11) is 0. The zero-order valence-electron chi connectivity index (χ0n) is 11.3. The summed E-state index contributed by atoms with van der Waals surface area (Å²) in [5.74, 6) is 0.368. The number of para-hydroxylation sites is 1. The first-order valence-electron chi connectivity index (χ1n) is 6.39. The first-order chi connectivity index (χ1) is 10.1. The summed E-state index contributed by atoms with van der Waals surface area (Å²) in [5.41, 5.74) is 0.736. The van der Waals surface area contributed by atoms with Crippen LogP contribution in [0.25, 0.3) is 11.0 Å². The number of rotatable bonds is 5. The minimum atomic E-state index is -1.01. The number of hydrogen-bond acceptors (Lipinski definition) is 6. The molecular weight excluding hydrogens is 274 g/mol. The minimum absolute atomic E-state index is 0.180. The predicted molar refractivity (Wildman–Crippen MR) is 72.8 cm³/mol. The van der Waals surface area contributed by atoms with Crippen molar-refractivity contribution in [2.24, 2.45) is 0 Å². The molecule has 0 unspecified atom stereocenters. The number of hydrogen-bond donors (Lipinski definition) is 2. The molecule has 0 fully saturated rings. The quantitative estimate of drug-likeness (QED) is 0.741. The Hall–Kier alpha value is -2.67. The molecule has 21 heavy (non-hydrogen) atoms. The van der Waals surface area contributed by atoms with Crippen LogP contribution < -0.4 is 5.32 Å². The summed E-state index contributed by atoms with van der Waals surface area (Å²) in [6.07, 6.45) is 0. The SMILES string of the molecule is Cc1noc(CNCc2oc3ccccc3c2C(=O)O)n1. The van der Waals surface area contributed by atoms with Gasteiger partial charge in [-0.15, -0.1) is 0 Å². The summed E-state index contributed by atoms with van der Waals surface area (Å²) < 4.78 is 10.6. The molecule has 0 spiro atoms. The van der Waals surface area contributed by atoms with E-state index < -0.39 is 5.97 Å². The average Bonchev–Trinajstić information content (AvgIpc) is 3.02. The summed E-state index contributed by atoms with van der Waals surface area (Å²) in [6, 6.07) is 7.05. The standard InChI is InChI=1S/C14H13N3O4/c1-8-16-12(21-17-8)7-15-6-11-13(14(18)19)9-4-2-3-5-10(9)20-11/h2-5,15H,6-7H2,1H3,(H,18,19). The van der Waals surface area contributed by atoms with Crippen molar-refractivity contribution >= 4 is 16.9 Å². The molecule has 0 radical (unpaired) electrons. The first-order valence-corrected chi connectivity index (χ1v) is 6.39. The van der Waals surface area contributed by atoms with Gasteiger partial charge in [0.15, 0.2) is 5.82 Å². The molecule has 7 heteroatoms. The van der Waals surface area contributed by atoms with Gasteiger partial charge in [-0.3, -0.25) is 0 Å². The third-order valence-electron chi connectivity index (χ3n) is 3.01. The fourth-order valence-electron chi connectivity index (χ4n) is 2.15. The Balaban J connectivity index is 1.80. The number of furan rings is 1. The molecule has 0 bridgehead atoms. The van der Waals surface area contributed by atoms with Crippen LogP contribution in [0.4, 0.5) is 0 Å². The Labute approximate surface area is 119 Å². The highest BCUT2D eigenvalue weighted by molar-refractivity contribution is 6.03. The molecule has 1 aromatic carbocycles. The lowest BCUT2D eigenvalue weighted by Gasteiger charge is -2.00. The van der Waals surface area contributed by atoms with Crippen LogP contribution in [0, 0.1) is 6.92 Å². The molecule has 0 saturated heterocycles. The fraction of sp³-hybridized carbons (Fsp3) is 0.214. The van der Waals surface area contributed by atoms with Crippen LogP contribution in [-0.2, 0) is 13.1 Å². The van der Waals surface area contributed by atoms with Crippen LogP contribution >= 0.6 is 0 Å². The fourth-order valence-corrected chi connectivity index (χ4v) is 2.15. The molecule has 0 saturated carbocycles. The lowest BCUT2D eigenvalue weighted by atomic mass is 10.1. The number of aromatic nitrogens is 2. The van der Waals surface area contributed by atoms with E-state index in [4.69, 9.17) is 8.94 Å². The molecule has 0 atom stereocenters. The number of nitrogens with one attached hydrogen (secondary N) is 1. The van der Waals surface area contributed by atoms with Gasteiger partial charge < -0.3 is 19.4 Å². The molecular formula is C14H13N3O4. The number of benzene rings is 1. The van der Waals surface area contributed by atoms with Gasteiger partial charge in [0.2, 0.25) is 5.89 Å². The van der Waals surface area contributed by atoms with E-state index in [1.54, 1.807) is 31.2 Å². The summed E-state index contributed by atoms with van der Waals surface area (Å²) in [6.45, 7) is 2.34. The van der Waals surface area contributed by atoms with Crippen molar-refractivity contribution in [3.63, 3.8) is 0 Å². The number of fused-ring (bicyclic) bond motifs is 1. The van der Waals surface area contributed by atoms with E-state index in [1.807, 2.05) is 0 Å². The number of carboxylic acid groups (broad SMARTS) is 1. The second-order valence-corrected chi connectivity index (χ2v) is 4.54. The molecule has 2 heterocycles. The van der Waals surface area contributed by atoms with E-state index in [-0.39, 0.29) is 12.1 Å². The minimum Gasteiger partial charge on any atom is -0.478 e. The highest BCUT2D eigenvalue weighted by Gasteiger charge is 2.19. The van der Waals surface area contributed by atoms with E-state index in [9.17, 15) is 9.90 Å². The smallest absolute Gasteiger partial charge is 0.339 e. The monoisotopic (exact) mass is 287 g/mol. The molecule has 0 amide bonds. The van der Waals surface area contributed by atoms with Crippen molar-refractivity contribution in [1.29, 1.82) is 0 Å². The molecule has 108 valence electrons. The van der Waals surface area contributed by atoms with Gasteiger partial charge in [0.1, 0.15) is 16.9 Å². The van der Waals surface area contributed by atoms with E-state index in [1.165, 1.54) is 0 Å². The maximum Gasteiger partial charge on any atom is 0.339 e. The summed E-state index contributed by atoms with van der Waals surface area (Å²) in [5, 5.41) is 16.6. The normalized spacial score (nSPS) is 11.1. The molecule has 0 aliphatic rings. The number of aromatic carboxylic acids is 1. The van der Waals surface area contributed by atoms with Crippen LogP contribution in [-0.4, -0.2) is 21.2 Å². The van der Waals surface area contributed by atoms with Crippen LogP contribution in [0.15, 0.2) is 33.2 Å². The Morgan fingerprint density at radius 2 is 2.14 bits per heavy atom. The van der Waals surface area contributed by atoms with Gasteiger partial charge >= 0.3 is 5.97 Å². The van der Waals surface area contributed by atoms with Crippen molar-refractivity contribution in [3.8, 4) is 0 Å². The van der Waals surface area contributed by atoms with E-state index in [0.29, 0.717) is 35.0 Å². The largest absolute Gasteiger partial charge is 0.478 e. The number of carboxylic acids is 1. The van der Waals surface area contributed by atoms with Crippen LogP contribution in [0.3, 0.4) is 0 Å². The van der Waals surface area contributed by atoms with Gasteiger partial charge in [-0.2, -0.15) is 4.98 Å². The maximum absolute atomic E-state index is 11.4. The van der Waals surface area contributed by atoms with Gasteiger partial charge in [0.25, 0.3) is 0 Å². The number of aryl methyl sites for hydroxylation is 1. The zero-order chi connectivity index (χ0) is 14.8. The molecule has 3 aromatic rings. The highest BCUT2D eigenvalue weighted by atomic mass is 16.5. The third kappa shape index (κ3) is 2.63. The van der Waals surface area contributed by atoms with Crippen LogP contribution in [0.1, 0.15) is 27.8 Å². The second-order valence-electron chi connectivity index (χ2n) is 4.54. The summed E-state index contributed by atoms with van der Waals surface area (Å²) in [4.78, 5) is 15.5. The third-order valence-corrected chi connectivity index (χ3v) is 3.01. The molecule has 7 nitrogen and oxygen atoms in total. The van der Waals surface area contributed by atoms with Gasteiger partial charge in [0.05, 0.1) is 13.1 Å². The van der Waals surface area contributed by atoms with Gasteiger partial charge in [-0.1, -0.05) is 23.4 Å². The van der Waals surface area contributed by atoms with Crippen molar-refractivity contribution < 1.29 is 18.8 Å². The topological polar surface area (TPSA) is 101 Å². The van der Waals surface area contributed by atoms with E-state index in [2.05, 4.69) is 15.5 Å². The first kappa shape index (κ1) is 13.3. The Kier molecular flexibility index (Phi) is 3.41.